The number of hydrogen-bond acceptors (Lipinski definition) is 2. The molecule has 0 saturated carbocycles. The molecule has 1 rings (SSSR count). The number of rotatable bonds is 3. The lowest BCUT2D eigenvalue weighted by Crippen LogP contribution is -2.21. The Bertz CT molecular complexity index is 380. The Morgan fingerprint density at radius 2 is 2.07 bits per heavy atom. The average Bonchev–Trinajstić information content (AvgIpc) is 2.27. The number of allylic oxidation sites excluding steroid dienone is 4. The molecule has 0 spiro atoms. The molecule has 0 radical (unpaired) electrons. The monoisotopic (exact) mass is 202 g/mol. The zero-order valence-electron chi connectivity index (χ0n) is 8.90. The summed E-state index contributed by atoms with van der Waals surface area (Å²) in [4.78, 5) is 15.5. The fourth-order valence-corrected chi connectivity index (χ4v) is 1.04. The molecular formula is C12H14N2O. The maximum Gasteiger partial charge on any atom is 0.255 e. The van der Waals surface area contributed by atoms with Gasteiger partial charge in [0.05, 0.1) is 0 Å². The lowest BCUT2D eigenvalue weighted by atomic mass is 10.2. The smallest absolute Gasteiger partial charge is 0.255 e. The Balaban J connectivity index is 2.64. The third-order valence-corrected chi connectivity index (χ3v) is 1.79. The summed E-state index contributed by atoms with van der Waals surface area (Å²) in [7, 11) is 0. The molecule has 1 aromatic heterocycles. The second-order valence-electron chi connectivity index (χ2n) is 3.07. The van der Waals surface area contributed by atoms with Crippen molar-refractivity contribution in [1.29, 1.82) is 0 Å². The summed E-state index contributed by atoms with van der Waals surface area (Å²) >= 11 is 0. The molecule has 0 aromatic carbocycles. The molecule has 15 heavy (non-hydrogen) atoms. The third-order valence-electron chi connectivity index (χ3n) is 1.79. The highest BCUT2D eigenvalue weighted by Crippen LogP contribution is 1.98. The fourth-order valence-electron chi connectivity index (χ4n) is 1.04. The number of aromatic nitrogens is 1. The normalized spacial score (nSPS) is 11.7. The molecule has 1 aromatic rings. The summed E-state index contributed by atoms with van der Waals surface area (Å²) < 4.78 is 0. The van der Waals surface area contributed by atoms with Crippen molar-refractivity contribution >= 4 is 5.91 Å². The molecule has 0 atom stereocenters. The van der Waals surface area contributed by atoms with E-state index in [4.69, 9.17) is 0 Å². The van der Waals surface area contributed by atoms with Gasteiger partial charge in [0.25, 0.3) is 5.91 Å². The van der Waals surface area contributed by atoms with Crippen molar-refractivity contribution in [3.8, 4) is 0 Å². The lowest BCUT2D eigenvalue weighted by molar-refractivity contribution is 0.0966. The Hall–Kier alpha value is -1.90. The molecule has 0 fully saturated rings. The molecule has 1 amide bonds. The van der Waals surface area contributed by atoms with E-state index in [1.165, 1.54) is 0 Å². The van der Waals surface area contributed by atoms with E-state index in [1.54, 1.807) is 24.5 Å². The molecule has 0 unspecified atom stereocenters. The van der Waals surface area contributed by atoms with Crippen LogP contribution in [0.4, 0.5) is 0 Å². The maximum absolute atomic E-state index is 11.6. The molecule has 0 bridgehead atoms. The molecule has 0 saturated heterocycles. The van der Waals surface area contributed by atoms with Gasteiger partial charge in [0.2, 0.25) is 0 Å². The van der Waals surface area contributed by atoms with E-state index in [9.17, 15) is 4.79 Å². The molecule has 3 nitrogen and oxygen atoms in total. The Morgan fingerprint density at radius 3 is 2.67 bits per heavy atom. The maximum atomic E-state index is 11.6. The van der Waals surface area contributed by atoms with E-state index in [-0.39, 0.29) is 5.91 Å². The predicted octanol–water partition coefficient (Wildman–Crippen LogP) is 2.29. The average molecular weight is 202 g/mol. The van der Waals surface area contributed by atoms with Gasteiger partial charge in [-0.3, -0.25) is 9.78 Å². The van der Waals surface area contributed by atoms with Crippen molar-refractivity contribution in [1.82, 2.24) is 10.3 Å². The van der Waals surface area contributed by atoms with Gasteiger partial charge in [-0.05, 0) is 32.1 Å². The number of amides is 1. The minimum atomic E-state index is -0.115. The van der Waals surface area contributed by atoms with Crippen LogP contribution in [0.1, 0.15) is 24.2 Å². The first kappa shape index (κ1) is 11.2. The molecule has 0 aliphatic carbocycles. The number of pyridine rings is 1. The van der Waals surface area contributed by atoms with Crippen LogP contribution in [-0.2, 0) is 0 Å². The van der Waals surface area contributed by atoms with Crippen molar-refractivity contribution in [3.63, 3.8) is 0 Å². The third kappa shape index (κ3) is 3.77. The van der Waals surface area contributed by atoms with E-state index in [2.05, 4.69) is 10.3 Å². The predicted molar refractivity (Wildman–Crippen MR) is 60.3 cm³/mol. The van der Waals surface area contributed by atoms with Gasteiger partial charge in [0.1, 0.15) is 0 Å². The fraction of sp³-hybridized carbons (Fsp3) is 0.167. The van der Waals surface area contributed by atoms with Gasteiger partial charge in [0.15, 0.2) is 0 Å². The summed E-state index contributed by atoms with van der Waals surface area (Å²) in [5, 5.41) is 2.77. The molecule has 0 aliphatic heterocycles. The van der Waals surface area contributed by atoms with Crippen molar-refractivity contribution in [2.24, 2.45) is 0 Å². The lowest BCUT2D eigenvalue weighted by Gasteiger charge is -2.03. The van der Waals surface area contributed by atoms with E-state index in [0.29, 0.717) is 5.56 Å². The van der Waals surface area contributed by atoms with Crippen LogP contribution in [0.15, 0.2) is 48.5 Å². The number of nitrogens with one attached hydrogen (secondary N) is 1. The van der Waals surface area contributed by atoms with Gasteiger partial charge in [-0.25, -0.2) is 0 Å². The van der Waals surface area contributed by atoms with Crippen LogP contribution in [0.3, 0.4) is 0 Å². The number of nitrogens with zero attached hydrogens (tertiary/aromatic N) is 1. The quantitative estimate of drug-likeness (QED) is 0.764. The first-order valence-corrected chi connectivity index (χ1v) is 4.75. The topological polar surface area (TPSA) is 42.0 Å². The highest BCUT2D eigenvalue weighted by molar-refractivity contribution is 5.95. The number of carbonyl (C=O) groups excluding carboxylic acids is 1. The van der Waals surface area contributed by atoms with Crippen LogP contribution in [0.2, 0.25) is 0 Å². The SMILES string of the molecule is C/C=C\C=C(/C)NC(=O)c1ccncc1. The summed E-state index contributed by atoms with van der Waals surface area (Å²) in [6, 6.07) is 3.36. The van der Waals surface area contributed by atoms with Crippen molar-refractivity contribution in [2.75, 3.05) is 0 Å². The van der Waals surface area contributed by atoms with Crippen LogP contribution in [0, 0.1) is 0 Å². The largest absolute Gasteiger partial charge is 0.326 e. The van der Waals surface area contributed by atoms with Crippen molar-refractivity contribution in [2.45, 2.75) is 13.8 Å². The molecule has 78 valence electrons. The van der Waals surface area contributed by atoms with Crippen molar-refractivity contribution in [3.05, 3.63) is 54.0 Å². The summed E-state index contributed by atoms with van der Waals surface area (Å²) in [5.41, 5.74) is 1.42. The molecule has 3 heteroatoms. The Labute approximate surface area is 89.5 Å². The van der Waals surface area contributed by atoms with Crippen LogP contribution < -0.4 is 5.32 Å². The second kappa shape index (κ2) is 5.75. The highest BCUT2D eigenvalue weighted by atomic mass is 16.1. The Morgan fingerprint density at radius 1 is 1.40 bits per heavy atom. The standard InChI is InChI=1S/C12H14N2O/c1-3-4-5-10(2)14-12(15)11-6-8-13-9-7-11/h3-9H,1-2H3,(H,14,15)/b4-3-,10-5+. The molecule has 1 N–H and O–H groups in total. The van der Waals surface area contributed by atoms with Gasteiger partial charge in [-0.15, -0.1) is 0 Å². The van der Waals surface area contributed by atoms with E-state index >= 15 is 0 Å². The number of hydrogen-bond donors (Lipinski definition) is 1. The summed E-state index contributed by atoms with van der Waals surface area (Å²) in [6.07, 6.45) is 8.82. The van der Waals surface area contributed by atoms with Crippen LogP contribution in [0.5, 0.6) is 0 Å². The molecular weight excluding hydrogens is 188 g/mol. The zero-order valence-corrected chi connectivity index (χ0v) is 8.90. The highest BCUT2D eigenvalue weighted by Gasteiger charge is 2.03. The number of carbonyl (C=O) groups is 1. The van der Waals surface area contributed by atoms with Gasteiger partial charge in [0, 0.05) is 23.7 Å². The minimum Gasteiger partial charge on any atom is -0.326 e. The van der Waals surface area contributed by atoms with Crippen LogP contribution in [-0.4, -0.2) is 10.9 Å². The van der Waals surface area contributed by atoms with Gasteiger partial charge in [-0.2, -0.15) is 0 Å². The molecule has 0 aliphatic rings. The van der Waals surface area contributed by atoms with E-state index < -0.39 is 0 Å². The van der Waals surface area contributed by atoms with Crippen LogP contribution in [0.25, 0.3) is 0 Å². The van der Waals surface area contributed by atoms with Gasteiger partial charge >= 0.3 is 0 Å². The van der Waals surface area contributed by atoms with Crippen molar-refractivity contribution < 1.29 is 4.79 Å². The first-order chi connectivity index (χ1) is 7.24. The zero-order chi connectivity index (χ0) is 11.1. The van der Waals surface area contributed by atoms with E-state index in [0.717, 1.165) is 5.70 Å². The second-order valence-corrected chi connectivity index (χ2v) is 3.07. The van der Waals surface area contributed by atoms with Crippen LogP contribution >= 0.6 is 0 Å². The van der Waals surface area contributed by atoms with Gasteiger partial charge in [-0.1, -0.05) is 12.2 Å². The van der Waals surface area contributed by atoms with Gasteiger partial charge < -0.3 is 5.32 Å². The minimum absolute atomic E-state index is 0.115. The van der Waals surface area contributed by atoms with E-state index in [1.807, 2.05) is 32.1 Å². The Kier molecular flexibility index (Phi) is 4.29. The molecule has 1 heterocycles. The summed E-state index contributed by atoms with van der Waals surface area (Å²) in [5.74, 6) is -0.115. The summed E-state index contributed by atoms with van der Waals surface area (Å²) in [6.45, 7) is 3.77. The first-order valence-electron chi connectivity index (χ1n) is 4.75.